The number of aromatic hydroxyl groups is 1. The van der Waals surface area contributed by atoms with Gasteiger partial charge in [-0.25, -0.2) is 4.98 Å². The number of imidazole rings is 1. The average molecular weight is 352 g/mol. The van der Waals surface area contributed by atoms with E-state index in [1.807, 2.05) is 0 Å². The third kappa shape index (κ3) is 3.27. The number of hydrogen-bond donors (Lipinski definition) is 2. The molecule has 2 aromatic heterocycles. The zero-order valence-electron chi connectivity index (χ0n) is 13.4. The number of benzene rings is 1. The number of aliphatic hydroxyl groups excluding tert-OH is 1. The van der Waals surface area contributed by atoms with Crippen LogP contribution in [0.5, 0.6) is 5.75 Å². The van der Waals surface area contributed by atoms with Gasteiger partial charge in [-0.05, 0) is 37.6 Å². The van der Waals surface area contributed by atoms with E-state index < -0.39 is 23.6 Å². The van der Waals surface area contributed by atoms with Gasteiger partial charge in [0, 0.05) is 5.56 Å². The Morgan fingerprint density at radius 2 is 1.92 bits per heavy atom. The Morgan fingerprint density at radius 1 is 1.20 bits per heavy atom. The number of hydrogen-bond acceptors (Lipinski definition) is 5. The van der Waals surface area contributed by atoms with Gasteiger partial charge >= 0.3 is 6.18 Å². The van der Waals surface area contributed by atoms with Crippen molar-refractivity contribution in [2.24, 2.45) is 0 Å². The molecule has 25 heavy (non-hydrogen) atoms. The van der Waals surface area contributed by atoms with Crippen molar-refractivity contribution < 1.29 is 23.4 Å². The SMILES string of the molecule is Cc1cc(C(F)(F)F)cc(O)c1-c1cc2ncn(CC(C)O)c2nn1. The van der Waals surface area contributed by atoms with Crippen molar-refractivity contribution in [3.63, 3.8) is 0 Å². The van der Waals surface area contributed by atoms with Crippen molar-refractivity contribution in [1.29, 1.82) is 0 Å². The van der Waals surface area contributed by atoms with E-state index in [4.69, 9.17) is 0 Å². The molecular weight excluding hydrogens is 337 g/mol. The summed E-state index contributed by atoms with van der Waals surface area (Å²) in [4.78, 5) is 4.16. The van der Waals surface area contributed by atoms with Crippen LogP contribution >= 0.6 is 0 Å². The molecule has 3 rings (SSSR count). The number of fused-ring (bicyclic) bond motifs is 1. The van der Waals surface area contributed by atoms with E-state index >= 15 is 0 Å². The molecule has 132 valence electrons. The number of phenols is 1. The van der Waals surface area contributed by atoms with Crippen LogP contribution < -0.4 is 0 Å². The van der Waals surface area contributed by atoms with Gasteiger partial charge < -0.3 is 14.8 Å². The minimum Gasteiger partial charge on any atom is -0.507 e. The maximum Gasteiger partial charge on any atom is 0.416 e. The molecule has 0 fully saturated rings. The number of phenolic OH excluding ortho intramolecular Hbond substituents is 1. The maximum atomic E-state index is 12.8. The predicted molar refractivity (Wildman–Crippen MR) is 83.8 cm³/mol. The normalized spacial score (nSPS) is 13.4. The summed E-state index contributed by atoms with van der Waals surface area (Å²) in [5, 5.41) is 27.5. The highest BCUT2D eigenvalue weighted by molar-refractivity contribution is 5.79. The van der Waals surface area contributed by atoms with Crippen LogP contribution in [-0.2, 0) is 12.7 Å². The molecule has 0 saturated carbocycles. The molecule has 3 aromatic rings. The number of aliphatic hydroxyl groups is 1. The van der Waals surface area contributed by atoms with Crippen LogP contribution in [0.2, 0.25) is 0 Å². The lowest BCUT2D eigenvalue weighted by atomic mass is 10.0. The Bertz CT molecular complexity index is 912. The zero-order chi connectivity index (χ0) is 18.4. The number of aromatic nitrogens is 4. The molecule has 0 aliphatic rings. The Balaban J connectivity index is 2.08. The molecule has 0 amide bonds. The smallest absolute Gasteiger partial charge is 0.416 e. The molecule has 0 aliphatic carbocycles. The molecule has 1 unspecified atom stereocenters. The third-order valence-electron chi connectivity index (χ3n) is 3.72. The lowest BCUT2D eigenvalue weighted by Gasteiger charge is -2.13. The number of nitrogens with zero attached hydrogens (tertiary/aromatic N) is 4. The summed E-state index contributed by atoms with van der Waals surface area (Å²) in [7, 11) is 0. The standard InChI is InChI=1S/C16H15F3N4O2/c1-8-3-10(16(17,18)19)4-13(25)14(8)11-5-12-15(22-21-11)23(7-20-12)6-9(2)24/h3-5,7,9,24-25H,6H2,1-2H3. The van der Waals surface area contributed by atoms with Gasteiger partial charge in [0.05, 0.1) is 30.2 Å². The minimum atomic E-state index is -4.55. The van der Waals surface area contributed by atoms with Crippen molar-refractivity contribution >= 4 is 11.2 Å². The van der Waals surface area contributed by atoms with Gasteiger partial charge in [-0.15, -0.1) is 10.2 Å². The highest BCUT2D eigenvalue weighted by atomic mass is 19.4. The molecule has 0 aliphatic heterocycles. The minimum absolute atomic E-state index is 0.174. The highest BCUT2D eigenvalue weighted by Crippen LogP contribution is 2.38. The summed E-state index contributed by atoms with van der Waals surface area (Å²) in [6.07, 6.45) is -3.65. The third-order valence-corrected chi connectivity index (χ3v) is 3.72. The summed E-state index contributed by atoms with van der Waals surface area (Å²) < 4.78 is 40.1. The van der Waals surface area contributed by atoms with Crippen LogP contribution in [0.4, 0.5) is 13.2 Å². The van der Waals surface area contributed by atoms with Crippen LogP contribution in [0.25, 0.3) is 22.4 Å². The van der Waals surface area contributed by atoms with Gasteiger partial charge in [-0.3, -0.25) is 0 Å². The largest absolute Gasteiger partial charge is 0.507 e. The molecule has 2 N–H and O–H groups in total. The molecule has 0 saturated heterocycles. The molecule has 6 nitrogen and oxygen atoms in total. The number of aryl methyl sites for hydroxylation is 1. The van der Waals surface area contributed by atoms with Gasteiger partial charge in [0.1, 0.15) is 11.3 Å². The first kappa shape index (κ1) is 17.2. The topological polar surface area (TPSA) is 84.1 Å². The van der Waals surface area contributed by atoms with Crippen LogP contribution in [0.15, 0.2) is 24.5 Å². The fourth-order valence-corrected chi connectivity index (χ4v) is 2.67. The Morgan fingerprint density at radius 3 is 2.52 bits per heavy atom. The molecule has 9 heteroatoms. The second-order valence-electron chi connectivity index (χ2n) is 5.87. The fraction of sp³-hybridized carbons (Fsp3) is 0.312. The number of halogens is 3. The lowest BCUT2D eigenvalue weighted by Crippen LogP contribution is -2.11. The Labute approximate surface area is 140 Å². The van der Waals surface area contributed by atoms with Crippen molar-refractivity contribution in [1.82, 2.24) is 19.7 Å². The molecule has 0 radical (unpaired) electrons. The van der Waals surface area contributed by atoms with E-state index in [0.29, 0.717) is 17.2 Å². The second kappa shape index (κ2) is 5.99. The van der Waals surface area contributed by atoms with Crippen LogP contribution in [-0.4, -0.2) is 36.1 Å². The Kier molecular flexibility index (Phi) is 4.11. The zero-order valence-corrected chi connectivity index (χ0v) is 13.4. The van der Waals surface area contributed by atoms with Crippen molar-refractivity contribution in [3.05, 3.63) is 35.7 Å². The van der Waals surface area contributed by atoms with E-state index in [1.54, 1.807) is 11.5 Å². The van der Waals surface area contributed by atoms with E-state index in [2.05, 4.69) is 15.2 Å². The number of alkyl halides is 3. The summed E-state index contributed by atoms with van der Waals surface area (Å²) >= 11 is 0. The Hall–Kier alpha value is -2.68. The van der Waals surface area contributed by atoms with Crippen molar-refractivity contribution in [2.75, 3.05) is 0 Å². The number of rotatable bonds is 3. The predicted octanol–water partition coefficient (Wildman–Crippen LogP) is 2.91. The summed E-state index contributed by atoms with van der Waals surface area (Å²) in [6.45, 7) is 3.37. The van der Waals surface area contributed by atoms with E-state index in [9.17, 15) is 23.4 Å². The van der Waals surface area contributed by atoms with Crippen LogP contribution in [0.3, 0.4) is 0 Å². The molecule has 0 spiro atoms. The lowest BCUT2D eigenvalue weighted by molar-refractivity contribution is -0.137. The molecule has 1 aromatic carbocycles. The summed E-state index contributed by atoms with van der Waals surface area (Å²) in [5.74, 6) is -0.524. The van der Waals surface area contributed by atoms with Gasteiger partial charge in [-0.2, -0.15) is 13.2 Å². The van der Waals surface area contributed by atoms with Gasteiger partial charge in [0.15, 0.2) is 5.65 Å². The van der Waals surface area contributed by atoms with E-state index in [-0.39, 0.29) is 23.4 Å². The highest BCUT2D eigenvalue weighted by Gasteiger charge is 2.32. The summed E-state index contributed by atoms with van der Waals surface area (Å²) in [6, 6.07) is 3.16. The monoisotopic (exact) mass is 352 g/mol. The maximum absolute atomic E-state index is 12.8. The van der Waals surface area contributed by atoms with Gasteiger partial charge in [0.25, 0.3) is 0 Å². The van der Waals surface area contributed by atoms with Gasteiger partial charge in [-0.1, -0.05) is 0 Å². The van der Waals surface area contributed by atoms with Crippen molar-refractivity contribution in [2.45, 2.75) is 32.7 Å². The fourth-order valence-electron chi connectivity index (χ4n) is 2.67. The molecular formula is C16H15F3N4O2. The van der Waals surface area contributed by atoms with E-state index in [0.717, 1.165) is 6.07 Å². The second-order valence-corrected chi connectivity index (χ2v) is 5.87. The first-order chi connectivity index (χ1) is 11.7. The van der Waals surface area contributed by atoms with Crippen molar-refractivity contribution in [3.8, 4) is 17.0 Å². The van der Waals surface area contributed by atoms with Crippen LogP contribution in [0.1, 0.15) is 18.1 Å². The van der Waals surface area contributed by atoms with Crippen LogP contribution in [0, 0.1) is 6.92 Å². The first-order valence-corrected chi connectivity index (χ1v) is 7.44. The summed E-state index contributed by atoms with van der Waals surface area (Å²) in [5.41, 5.74) is 0.593. The van der Waals surface area contributed by atoms with E-state index in [1.165, 1.54) is 19.3 Å². The quantitative estimate of drug-likeness (QED) is 0.757. The molecule has 1 atom stereocenters. The van der Waals surface area contributed by atoms with Gasteiger partial charge in [0.2, 0.25) is 0 Å². The molecule has 2 heterocycles. The first-order valence-electron chi connectivity index (χ1n) is 7.44. The average Bonchev–Trinajstić information content (AvgIpc) is 2.87. The molecule has 0 bridgehead atoms.